The number of anilines is 2. The fourth-order valence-electron chi connectivity index (χ4n) is 2.67. The molecule has 0 bridgehead atoms. The van der Waals surface area contributed by atoms with Crippen LogP contribution in [-0.2, 0) is 14.8 Å². The third-order valence-corrected chi connectivity index (χ3v) is 6.91. The molecule has 0 unspecified atom stereocenters. The van der Waals surface area contributed by atoms with Crippen molar-refractivity contribution in [2.24, 2.45) is 0 Å². The summed E-state index contributed by atoms with van der Waals surface area (Å²) in [5, 5.41) is 3.28. The molecule has 6 nitrogen and oxygen atoms in total. The van der Waals surface area contributed by atoms with Crippen molar-refractivity contribution in [2.45, 2.75) is 16.7 Å². The minimum Gasteiger partial charge on any atom is -0.484 e. The normalized spacial score (nSPS) is 11.1. The second-order valence-corrected chi connectivity index (χ2v) is 9.52. The summed E-state index contributed by atoms with van der Waals surface area (Å²) in [5.74, 6) is 0.0711. The van der Waals surface area contributed by atoms with Gasteiger partial charge in [-0.05, 0) is 67.3 Å². The fourth-order valence-corrected chi connectivity index (χ4v) is 4.45. The van der Waals surface area contributed by atoms with E-state index in [9.17, 15) is 13.2 Å². The van der Waals surface area contributed by atoms with Crippen molar-refractivity contribution >= 4 is 50.7 Å². The molecule has 0 heterocycles. The summed E-state index contributed by atoms with van der Waals surface area (Å²) in [4.78, 5) is 13.2. The summed E-state index contributed by atoms with van der Waals surface area (Å²) >= 11 is 7.58. The van der Waals surface area contributed by atoms with Crippen LogP contribution in [0.5, 0.6) is 5.75 Å². The highest BCUT2D eigenvalue weighted by atomic mass is 35.5. The molecule has 0 saturated heterocycles. The van der Waals surface area contributed by atoms with Gasteiger partial charge in [-0.3, -0.25) is 9.52 Å². The number of hydrogen-bond donors (Lipinski definition) is 2. The molecule has 2 N–H and O–H groups in total. The van der Waals surface area contributed by atoms with E-state index < -0.39 is 10.0 Å². The molecular formula is C22H21ClN2O4S2. The van der Waals surface area contributed by atoms with Gasteiger partial charge in [-0.15, -0.1) is 11.8 Å². The summed E-state index contributed by atoms with van der Waals surface area (Å²) in [7, 11) is -3.79. The fraction of sp³-hybridized carbons (Fsp3) is 0.136. The van der Waals surface area contributed by atoms with E-state index in [-0.39, 0.29) is 17.4 Å². The van der Waals surface area contributed by atoms with E-state index >= 15 is 0 Å². The van der Waals surface area contributed by atoms with Gasteiger partial charge in [0.1, 0.15) is 5.75 Å². The standard InChI is InChI=1S/C22H21ClN2O4S2/c1-15-7-8-16(13-19(15)23)25-31(27,28)18-11-9-17(10-12-18)29-14-22(26)24-20-5-3-4-6-21(20)30-2/h3-13,25H,14H2,1-2H3,(H,24,26). The Hall–Kier alpha value is -2.68. The molecule has 31 heavy (non-hydrogen) atoms. The van der Waals surface area contributed by atoms with Crippen molar-refractivity contribution in [3.63, 3.8) is 0 Å². The Balaban J connectivity index is 1.60. The Morgan fingerprint density at radius 3 is 2.45 bits per heavy atom. The summed E-state index contributed by atoms with van der Waals surface area (Å²) in [5.41, 5.74) is 1.94. The lowest BCUT2D eigenvalue weighted by Gasteiger charge is -2.11. The second kappa shape index (κ2) is 10.1. The number of rotatable bonds is 8. The number of benzene rings is 3. The van der Waals surface area contributed by atoms with Crippen LogP contribution < -0.4 is 14.8 Å². The number of hydrogen-bond acceptors (Lipinski definition) is 5. The molecule has 162 valence electrons. The van der Waals surface area contributed by atoms with Crippen molar-refractivity contribution in [3.05, 3.63) is 77.3 Å². The molecule has 0 aliphatic heterocycles. The number of halogens is 1. The lowest BCUT2D eigenvalue weighted by atomic mass is 10.2. The van der Waals surface area contributed by atoms with Crippen LogP contribution in [0.4, 0.5) is 11.4 Å². The zero-order valence-corrected chi connectivity index (χ0v) is 19.3. The molecule has 0 aliphatic rings. The smallest absolute Gasteiger partial charge is 0.262 e. The largest absolute Gasteiger partial charge is 0.484 e. The van der Waals surface area contributed by atoms with Crippen molar-refractivity contribution in [3.8, 4) is 5.75 Å². The van der Waals surface area contributed by atoms with Gasteiger partial charge in [0.05, 0.1) is 16.3 Å². The van der Waals surface area contributed by atoms with E-state index in [4.69, 9.17) is 16.3 Å². The quantitative estimate of drug-likeness (QED) is 0.437. The lowest BCUT2D eigenvalue weighted by molar-refractivity contribution is -0.118. The lowest BCUT2D eigenvalue weighted by Crippen LogP contribution is -2.20. The van der Waals surface area contributed by atoms with Gasteiger partial charge >= 0.3 is 0 Å². The number of amides is 1. The highest BCUT2D eigenvalue weighted by molar-refractivity contribution is 7.98. The van der Waals surface area contributed by atoms with Crippen LogP contribution in [0, 0.1) is 6.92 Å². The molecular weight excluding hydrogens is 456 g/mol. The van der Waals surface area contributed by atoms with Crippen LogP contribution in [-0.4, -0.2) is 27.2 Å². The van der Waals surface area contributed by atoms with Crippen molar-refractivity contribution in [1.29, 1.82) is 0 Å². The highest BCUT2D eigenvalue weighted by Gasteiger charge is 2.15. The number of aryl methyl sites for hydroxylation is 1. The molecule has 0 aromatic heterocycles. The first kappa shape index (κ1) is 23.0. The van der Waals surface area contributed by atoms with Crippen LogP contribution in [0.1, 0.15) is 5.56 Å². The first-order valence-corrected chi connectivity index (χ1v) is 12.3. The number of sulfonamides is 1. The average Bonchev–Trinajstić information content (AvgIpc) is 2.75. The van der Waals surface area contributed by atoms with Crippen LogP contribution in [0.3, 0.4) is 0 Å². The minimum absolute atomic E-state index is 0.0647. The third-order valence-electron chi connectivity index (χ3n) is 4.31. The van der Waals surface area contributed by atoms with Gasteiger partial charge in [0.25, 0.3) is 15.9 Å². The summed E-state index contributed by atoms with van der Waals surface area (Å²) < 4.78 is 33.1. The summed E-state index contributed by atoms with van der Waals surface area (Å²) in [6.45, 7) is 1.63. The van der Waals surface area contributed by atoms with Crippen molar-refractivity contribution in [1.82, 2.24) is 0 Å². The monoisotopic (exact) mass is 476 g/mol. The Morgan fingerprint density at radius 2 is 1.77 bits per heavy atom. The number of nitrogens with one attached hydrogen (secondary N) is 2. The van der Waals surface area contributed by atoms with Crippen LogP contribution in [0.2, 0.25) is 5.02 Å². The van der Waals surface area contributed by atoms with Gasteiger partial charge in [-0.2, -0.15) is 0 Å². The first-order valence-electron chi connectivity index (χ1n) is 9.23. The van der Waals surface area contributed by atoms with Gasteiger partial charge in [0.2, 0.25) is 0 Å². The number of carbonyl (C=O) groups excluding carboxylic acids is 1. The summed E-state index contributed by atoms with van der Waals surface area (Å²) in [6.07, 6.45) is 1.93. The molecule has 3 aromatic rings. The Bertz CT molecular complexity index is 1180. The molecule has 3 rings (SSSR count). The van der Waals surface area contributed by atoms with Gasteiger partial charge in [-0.25, -0.2) is 8.42 Å². The number of para-hydroxylation sites is 1. The summed E-state index contributed by atoms with van der Waals surface area (Å²) in [6, 6.07) is 18.2. The van der Waals surface area contributed by atoms with Gasteiger partial charge in [-0.1, -0.05) is 29.8 Å². The number of ether oxygens (including phenoxy) is 1. The predicted molar refractivity (Wildman–Crippen MR) is 126 cm³/mol. The second-order valence-electron chi connectivity index (χ2n) is 6.58. The molecule has 1 amide bonds. The van der Waals surface area contributed by atoms with E-state index in [1.54, 1.807) is 18.2 Å². The number of thioether (sulfide) groups is 1. The Kier molecular flexibility index (Phi) is 7.48. The Morgan fingerprint density at radius 1 is 1.06 bits per heavy atom. The minimum atomic E-state index is -3.79. The third kappa shape index (κ3) is 6.16. The molecule has 3 aromatic carbocycles. The van der Waals surface area contributed by atoms with Crippen LogP contribution in [0.15, 0.2) is 76.5 Å². The molecule has 0 fully saturated rings. The first-order chi connectivity index (χ1) is 14.8. The maximum absolute atomic E-state index is 12.6. The van der Waals surface area contributed by atoms with E-state index in [1.165, 1.54) is 36.0 Å². The average molecular weight is 477 g/mol. The number of carbonyl (C=O) groups is 1. The molecule has 0 aliphatic carbocycles. The van der Waals surface area contributed by atoms with E-state index in [0.29, 0.717) is 22.1 Å². The van der Waals surface area contributed by atoms with Gasteiger partial charge in [0.15, 0.2) is 6.61 Å². The van der Waals surface area contributed by atoms with E-state index in [2.05, 4.69) is 10.0 Å². The predicted octanol–water partition coefficient (Wildman–Crippen LogP) is 5.19. The molecule has 9 heteroatoms. The van der Waals surface area contributed by atoms with Gasteiger partial charge < -0.3 is 10.1 Å². The molecule has 0 spiro atoms. The molecule has 0 radical (unpaired) electrons. The Labute approximate surface area is 191 Å². The van der Waals surface area contributed by atoms with E-state index in [0.717, 1.165) is 10.5 Å². The van der Waals surface area contributed by atoms with E-state index in [1.807, 2.05) is 37.4 Å². The maximum Gasteiger partial charge on any atom is 0.262 e. The zero-order chi connectivity index (χ0) is 22.4. The topological polar surface area (TPSA) is 84.5 Å². The zero-order valence-electron chi connectivity index (χ0n) is 16.9. The SMILES string of the molecule is CSc1ccccc1NC(=O)COc1ccc(S(=O)(=O)Nc2ccc(C)c(Cl)c2)cc1. The maximum atomic E-state index is 12.6. The van der Waals surface area contributed by atoms with Crippen molar-refractivity contribution < 1.29 is 17.9 Å². The molecule has 0 saturated carbocycles. The van der Waals surface area contributed by atoms with Crippen LogP contribution >= 0.6 is 23.4 Å². The van der Waals surface area contributed by atoms with Gasteiger partial charge in [0, 0.05) is 9.92 Å². The van der Waals surface area contributed by atoms with Crippen LogP contribution in [0.25, 0.3) is 0 Å². The molecule has 0 atom stereocenters. The highest BCUT2D eigenvalue weighted by Crippen LogP contribution is 2.25. The van der Waals surface area contributed by atoms with Crippen molar-refractivity contribution in [2.75, 3.05) is 22.9 Å².